The first-order chi connectivity index (χ1) is 7.74. The van der Waals surface area contributed by atoms with Crippen LogP contribution < -0.4 is 0 Å². The molecule has 2 rings (SSSR count). The lowest BCUT2D eigenvalue weighted by molar-refractivity contribution is 0.0689. The summed E-state index contributed by atoms with van der Waals surface area (Å²) in [6, 6.07) is 9.34. The zero-order valence-corrected chi connectivity index (χ0v) is 9.05. The molecule has 0 radical (unpaired) electrons. The number of aromatic carboxylic acids is 1. The van der Waals surface area contributed by atoms with Crippen molar-refractivity contribution in [2.75, 3.05) is 0 Å². The third-order valence-corrected chi connectivity index (χ3v) is 2.46. The summed E-state index contributed by atoms with van der Waals surface area (Å²) < 4.78 is 1.71. The van der Waals surface area contributed by atoms with Gasteiger partial charge in [0.25, 0.3) is 0 Å². The molecule has 0 aliphatic carbocycles. The Morgan fingerprint density at radius 2 is 2.19 bits per heavy atom. The lowest BCUT2D eigenvalue weighted by Crippen LogP contribution is -2.02. The molecule has 82 valence electrons. The summed E-state index contributed by atoms with van der Waals surface area (Å²) in [6.45, 7) is 2.02. The van der Waals surface area contributed by atoms with Gasteiger partial charge in [-0.2, -0.15) is 0 Å². The summed E-state index contributed by atoms with van der Waals surface area (Å²) in [5.41, 5.74) is 1.22. The summed E-state index contributed by atoms with van der Waals surface area (Å²) in [4.78, 5) is 11.1. The molecule has 3 nitrogen and oxygen atoms in total. The van der Waals surface area contributed by atoms with E-state index in [0.717, 1.165) is 17.3 Å². The molecule has 0 unspecified atom stereocenters. The number of hydrogen-bond acceptors (Lipinski definition) is 1. The van der Waals surface area contributed by atoms with Crippen molar-refractivity contribution in [2.24, 2.45) is 0 Å². The zero-order chi connectivity index (χ0) is 11.5. The normalized spacial score (nSPS) is 11.3. The first kappa shape index (κ1) is 10.5. The monoisotopic (exact) mass is 215 g/mol. The van der Waals surface area contributed by atoms with Crippen LogP contribution in [-0.4, -0.2) is 15.6 Å². The molecule has 0 aliphatic heterocycles. The van der Waals surface area contributed by atoms with Crippen molar-refractivity contribution in [1.82, 2.24) is 4.57 Å². The minimum absolute atomic E-state index is 0.297. The number of aromatic nitrogens is 1. The molecule has 0 bridgehead atoms. The average Bonchev–Trinajstić information content (AvgIpc) is 2.65. The number of rotatable bonds is 3. The van der Waals surface area contributed by atoms with Crippen molar-refractivity contribution in [1.29, 1.82) is 0 Å². The van der Waals surface area contributed by atoms with E-state index in [4.69, 9.17) is 5.11 Å². The highest BCUT2D eigenvalue weighted by Crippen LogP contribution is 2.20. The number of nitrogens with zero attached hydrogens (tertiary/aromatic N) is 1. The summed E-state index contributed by atoms with van der Waals surface area (Å²) in [5, 5.41) is 10.1. The van der Waals surface area contributed by atoms with Crippen LogP contribution in [0.3, 0.4) is 0 Å². The number of carboxylic acid groups (broad SMARTS) is 1. The van der Waals surface area contributed by atoms with Crippen LogP contribution in [0.5, 0.6) is 0 Å². The van der Waals surface area contributed by atoms with Crippen LogP contribution in [-0.2, 0) is 0 Å². The molecule has 0 aliphatic rings. The van der Waals surface area contributed by atoms with E-state index in [1.54, 1.807) is 10.6 Å². The van der Waals surface area contributed by atoms with E-state index in [1.165, 1.54) is 0 Å². The van der Waals surface area contributed by atoms with Crippen LogP contribution in [0, 0.1) is 0 Å². The summed E-state index contributed by atoms with van der Waals surface area (Å²) in [5.74, 6) is -0.906. The van der Waals surface area contributed by atoms with Gasteiger partial charge >= 0.3 is 5.97 Å². The predicted octanol–water partition coefficient (Wildman–Crippen LogP) is 3.22. The van der Waals surface area contributed by atoms with Gasteiger partial charge in [-0.25, -0.2) is 4.79 Å². The van der Waals surface area contributed by atoms with E-state index in [9.17, 15) is 4.79 Å². The molecule has 1 aromatic carbocycles. The number of hydrogen-bond donors (Lipinski definition) is 1. The van der Waals surface area contributed by atoms with Crippen LogP contribution in [0.25, 0.3) is 17.1 Å². The maximum absolute atomic E-state index is 11.1. The Morgan fingerprint density at radius 1 is 1.44 bits per heavy atom. The number of carbonyl (C=O) groups is 1. The van der Waals surface area contributed by atoms with Crippen molar-refractivity contribution in [3.8, 4) is 0 Å². The summed E-state index contributed by atoms with van der Waals surface area (Å²) in [7, 11) is 0. The number of fused-ring (bicyclic) bond motifs is 1. The Labute approximate surface area is 93.6 Å². The van der Waals surface area contributed by atoms with Gasteiger partial charge < -0.3 is 9.67 Å². The lowest BCUT2D eigenvalue weighted by atomic mass is 10.2. The van der Waals surface area contributed by atoms with E-state index in [0.29, 0.717) is 5.69 Å². The molecule has 1 heterocycles. The third kappa shape index (κ3) is 1.72. The Balaban J connectivity index is 2.69. The number of para-hydroxylation sites is 1. The van der Waals surface area contributed by atoms with E-state index >= 15 is 0 Å². The van der Waals surface area contributed by atoms with Crippen molar-refractivity contribution in [3.05, 3.63) is 42.1 Å². The first-order valence-electron chi connectivity index (χ1n) is 5.24. The number of benzene rings is 1. The van der Waals surface area contributed by atoms with Gasteiger partial charge in [0.15, 0.2) is 0 Å². The molecule has 0 fully saturated rings. The summed E-state index contributed by atoms with van der Waals surface area (Å²) in [6.07, 6.45) is 4.64. The van der Waals surface area contributed by atoms with Gasteiger partial charge in [-0.05, 0) is 18.6 Å². The fraction of sp³-hybridized carbons (Fsp3) is 0.154. The minimum Gasteiger partial charge on any atom is -0.477 e. The molecule has 0 amide bonds. The molecular formula is C13H13NO2. The highest BCUT2D eigenvalue weighted by atomic mass is 16.4. The van der Waals surface area contributed by atoms with Gasteiger partial charge in [-0.1, -0.05) is 31.2 Å². The molecule has 1 N–H and O–H groups in total. The Hall–Kier alpha value is -2.03. The van der Waals surface area contributed by atoms with Gasteiger partial charge in [-0.3, -0.25) is 0 Å². The standard InChI is InChI=1S/C13H13NO2/c1-2-3-8-14-11-7-5-4-6-10(11)9-12(14)13(15)16/h3-9H,2H2,1H3,(H,15,16). The highest BCUT2D eigenvalue weighted by molar-refractivity contribution is 5.96. The van der Waals surface area contributed by atoms with Gasteiger partial charge in [0.2, 0.25) is 0 Å². The van der Waals surface area contributed by atoms with Gasteiger partial charge in [0.05, 0.1) is 5.52 Å². The van der Waals surface area contributed by atoms with Crippen LogP contribution in [0.1, 0.15) is 23.8 Å². The van der Waals surface area contributed by atoms with Gasteiger partial charge in [0, 0.05) is 11.6 Å². The van der Waals surface area contributed by atoms with Crippen molar-refractivity contribution < 1.29 is 9.90 Å². The van der Waals surface area contributed by atoms with E-state index in [2.05, 4.69) is 0 Å². The second-order valence-electron chi connectivity index (χ2n) is 3.56. The second kappa shape index (κ2) is 4.23. The Bertz CT molecular complexity index is 552. The van der Waals surface area contributed by atoms with Crippen molar-refractivity contribution >= 4 is 23.1 Å². The Kier molecular flexibility index (Phi) is 2.77. The molecule has 0 atom stereocenters. The smallest absolute Gasteiger partial charge is 0.352 e. The molecule has 0 saturated carbocycles. The fourth-order valence-electron chi connectivity index (χ4n) is 1.71. The van der Waals surface area contributed by atoms with Crippen LogP contribution >= 0.6 is 0 Å². The number of carboxylic acids is 1. The van der Waals surface area contributed by atoms with Crippen LogP contribution in [0.2, 0.25) is 0 Å². The molecule has 3 heteroatoms. The van der Waals surface area contributed by atoms with Crippen LogP contribution in [0.4, 0.5) is 0 Å². The van der Waals surface area contributed by atoms with E-state index < -0.39 is 5.97 Å². The highest BCUT2D eigenvalue weighted by Gasteiger charge is 2.11. The van der Waals surface area contributed by atoms with Crippen LogP contribution in [0.15, 0.2) is 36.4 Å². The fourth-order valence-corrected chi connectivity index (χ4v) is 1.71. The third-order valence-electron chi connectivity index (χ3n) is 2.46. The zero-order valence-electron chi connectivity index (χ0n) is 9.05. The second-order valence-corrected chi connectivity index (χ2v) is 3.56. The predicted molar refractivity (Wildman–Crippen MR) is 64.5 cm³/mol. The minimum atomic E-state index is -0.906. The van der Waals surface area contributed by atoms with Crippen molar-refractivity contribution in [3.63, 3.8) is 0 Å². The molecule has 16 heavy (non-hydrogen) atoms. The van der Waals surface area contributed by atoms with Crippen molar-refractivity contribution in [2.45, 2.75) is 13.3 Å². The maximum atomic E-state index is 11.1. The summed E-state index contributed by atoms with van der Waals surface area (Å²) >= 11 is 0. The van der Waals surface area contributed by atoms with Gasteiger partial charge in [0.1, 0.15) is 5.69 Å². The number of allylic oxidation sites excluding steroid dienone is 1. The average molecular weight is 215 g/mol. The molecule has 1 aromatic heterocycles. The topological polar surface area (TPSA) is 42.2 Å². The SMILES string of the molecule is CCC=Cn1c(C(=O)O)cc2ccccc21. The largest absolute Gasteiger partial charge is 0.477 e. The molecular weight excluding hydrogens is 202 g/mol. The molecule has 0 spiro atoms. The van der Waals surface area contributed by atoms with E-state index in [-0.39, 0.29) is 0 Å². The maximum Gasteiger partial charge on any atom is 0.352 e. The quantitative estimate of drug-likeness (QED) is 0.854. The first-order valence-corrected chi connectivity index (χ1v) is 5.24. The lowest BCUT2D eigenvalue weighted by Gasteiger charge is -2.00. The van der Waals surface area contributed by atoms with Gasteiger partial charge in [-0.15, -0.1) is 0 Å². The molecule has 0 saturated heterocycles. The molecule has 2 aromatic rings. The Morgan fingerprint density at radius 3 is 2.88 bits per heavy atom. The van der Waals surface area contributed by atoms with E-state index in [1.807, 2.05) is 43.5 Å².